The first-order valence-electron chi connectivity index (χ1n) is 6.65. The molecule has 0 aliphatic heterocycles. The van der Waals surface area contributed by atoms with E-state index in [2.05, 4.69) is 13.8 Å². The molecule has 1 aliphatic rings. The molecule has 1 saturated carbocycles. The van der Waals surface area contributed by atoms with Crippen LogP contribution in [0, 0.1) is 11.8 Å². The van der Waals surface area contributed by atoms with Gasteiger partial charge in [0.2, 0.25) is 0 Å². The van der Waals surface area contributed by atoms with Gasteiger partial charge in [0.15, 0.2) is 0 Å². The summed E-state index contributed by atoms with van der Waals surface area (Å²) in [5, 5.41) is 0. The summed E-state index contributed by atoms with van der Waals surface area (Å²) >= 11 is 0. The van der Waals surface area contributed by atoms with Crippen LogP contribution in [-0.4, -0.2) is 6.54 Å². The Morgan fingerprint density at radius 2 is 2.00 bits per heavy atom. The van der Waals surface area contributed by atoms with Gasteiger partial charge in [0, 0.05) is 11.5 Å². The van der Waals surface area contributed by atoms with Gasteiger partial charge in [-0.2, -0.15) is 0 Å². The first-order valence-corrected chi connectivity index (χ1v) is 6.65. The number of hydrogen-bond acceptors (Lipinski definition) is 1. The van der Waals surface area contributed by atoms with Crippen LogP contribution in [-0.2, 0) is 5.92 Å². The molecule has 3 heteroatoms. The highest BCUT2D eigenvalue weighted by Crippen LogP contribution is 2.49. The molecule has 0 bridgehead atoms. The SMILES string of the molecule is CC(C)C(CN)c1cccc(C(F)(F)C2CC2)c1. The first-order chi connectivity index (χ1) is 8.46. The average molecular weight is 253 g/mol. The van der Waals surface area contributed by atoms with Crippen LogP contribution < -0.4 is 5.73 Å². The molecule has 18 heavy (non-hydrogen) atoms. The van der Waals surface area contributed by atoms with Gasteiger partial charge in [-0.1, -0.05) is 32.0 Å². The summed E-state index contributed by atoms with van der Waals surface area (Å²) in [6, 6.07) is 6.82. The quantitative estimate of drug-likeness (QED) is 0.846. The van der Waals surface area contributed by atoms with Crippen LogP contribution in [0.4, 0.5) is 8.78 Å². The fourth-order valence-corrected chi connectivity index (χ4v) is 2.45. The third kappa shape index (κ3) is 2.56. The molecule has 1 unspecified atom stereocenters. The third-order valence-corrected chi connectivity index (χ3v) is 3.85. The summed E-state index contributed by atoms with van der Waals surface area (Å²) in [4.78, 5) is 0. The maximum Gasteiger partial charge on any atom is 0.276 e. The van der Waals surface area contributed by atoms with Crippen LogP contribution in [0.5, 0.6) is 0 Å². The lowest BCUT2D eigenvalue weighted by Crippen LogP contribution is -2.20. The number of hydrogen-bond donors (Lipinski definition) is 1. The fourth-order valence-electron chi connectivity index (χ4n) is 2.45. The minimum atomic E-state index is -2.67. The van der Waals surface area contributed by atoms with Crippen molar-refractivity contribution >= 4 is 0 Å². The summed E-state index contributed by atoms with van der Waals surface area (Å²) in [7, 11) is 0. The number of alkyl halides is 2. The van der Waals surface area contributed by atoms with E-state index >= 15 is 0 Å². The Bertz CT molecular complexity index is 411. The summed E-state index contributed by atoms with van der Waals surface area (Å²) < 4.78 is 28.1. The zero-order valence-electron chi connectivity index (χ0n) is 11.0. The molecule has 0 heterocycles. The van der Waals surface area contributed by atoms with Gasteiger partial charge in [-0.25, -0.2) is 8.78 Å². The van der Waals surface area contributed by atoms with Crippen molar-refractivity contribution in [3.63, 3.8) is 0 Å². The Labute approximate surface area is 107 Å². The molecule has 2 N–H and O–H groups in total. The highest BCUT2D eigenvalue weighted by atomic mass is 19.3. The zero-order chi connectivity index (χ0) is 13.3. The molecule has 0 amide bonds. The van der Waals surface area contributed by atoms with Gasteiger partial charge < -0.3 is 5.73 Å². The van der Waals surface area contributed by atoms with E-state index in [9.17, 15) is 8.78 Å². The lowest BCUT2D eigenvalue weighted by Gasteiger charge is -2.22. The molecule has 100 valence electrons. The Kier molecular flexibility index (Phi) is 3.71. The molecule has 1 aliphatic carbocycles. The van der Waals surface area contributed by atoms with Crippen molar-refractivity contribution < 1.29 is 8.78 Å². The Morgan fingerprint density at radius 1 is 1.33 bits per heavy atom. The number of halogens is 2. The average Bonchev–Trinajstić information content (AvgIpc) is 3.14. The zero-order valence-corrected chi connectivity index (χ0v) is 11.0. The minimum absolute atomic E-state index is 0.153. The topological polar surface area (TPSA) is 26.0 Å². The standard InChI is InChI=1S/C15H21F2N/c1-10(2)14(9-18)11-4-3-5-13(8-11)15(16,17)12-6-7-12/h3-5,8,10,12,14H,6-7,9,18H2,1-2H3. The van der Waals surface area contributed by atoms with E-state index in [1.807, 2.05) is 6.07 Å². The predicted molar refractivity (Wildman–Crippen MR) is 69.7 cm³/mol. The van der Waals surface area contributed by atoms with Gasteiger partial charge >= 0.3 is 0 Å². The van der Waals surface area contributed by atoms with E-state index < -0.39 is 11.8 Å². The normalized spacial score (nSPS) is 18.1. The molecule has 0 radical (unpaired) electrons. The van der Waals surface area contributed by atoms with E-state index in [0.29, 0.717) is 25.3 Å². The second-order valence-electron chi connectivity index (χ2n) is 5.61. The van der Waals surface area contributed by atoms with Crippen LogP contribution in [0.2, 0.25) is 0 Å². The Balaban J connectivity index is 2.29. The molecule has 1 aromatic carbocycles. The molecule has 1 atom stereocenters. The van der Waals surface area contributed by atoms with E-state index in [4.69, 9.17) is 5.73 Å². The Hall–Kier alpha value is -0.960. The van der Waals surface area contributed by atoms with Gasteiger partial charge in [-0.3, -0.25) is 0 Å². The van der Waals surface area contributed by atoms with Crippen LogP contribution in [0.1, 0.15) is 43.7 Å². The van der Waals surface area contributed by atoms with Crippen molar-refractivity contribution in [2.45, 2.75) is 38.5 Å². The number of benzene rings is 1. The Morgan fingerprint density at radius 3 is 2.50 bits per heavy atom. The van der Waals surface area contributed by atoms with E-state index in [1.165, 1.54) is 6.07 Å². The van der Waals surface area contributed by atoms with Gasteiger partial charge in [0.25, 0.3) is 5.92 Å². The second kappa shape index (κ2) is 4.96. The first kappa shape index (κ1) is 13.5. The van der Waals surface area contributed by atoms with Crippen LogP contribution in [0.25, 0.3) is 0 Å². The summed E-state index contributed by atoms with van der Waals surface area (Å²) in [6.07, 6.45) is 1.28. The molecular formula is C15H21F2N. The molecule has 1 fully saturated rings. The molecule has 0 aromatic heterocycles. The second-order valence-corrected chi connectivity index (χ2v) is 5.61. The lowest BCUT2D eigenvalue weighted by atomic mass is 9.87. The van der Waals surface area contributed by atoms with Crippen molar-refractivity contribution in [3.05, 3.63) is 35.4 Å². The van der Waals surface area contributed by atoms with Crippen molar-refractivity contribution in [2.75, 3.05) is 6.54 Å². The van der Waals surface area contributed by atoms with Gasteiger partial charge in [-0.05, 0) is 42.9 Å². The third-order valence-electron chi connectivity index (χ3n) is 3.85. The van der Waals surface area contributed by atoms with Crippen molar-refractivity contribution in [2.24, 2.45) is 17.6 Å². The van der Waals surface area contributed by atoms with Gasteiger partial charge in [0.1, 0.15) is 0 Å². The lowest BCUT2D eigenvalue weighted by molar-refractivity contribution is -0.0286. The summed E-state index contributed by atoms with van der Waals surface area (Å²) in [5.74, 6) is -2.62. The van der Waals surface area contributed by atoms with Crippen molar-refractivity contribution in [3.8, 4) is 0 Å². The smallest absolute Gasteiger partial charge is 0.276 e. The molecule has 1 nitrogen and oxygen atoms in total. The van der Waals surface area contributed by atoms with Crippen LogP contribution >= 0.6 is 0 Å². The maximum absolute atomic E-state index is 14.1. The highest BCUT2D eigenvalue weighted by Gasteiger charge is 2.47. The monoisotopic (exact) mass is 253 g/mol. The van der Waals surface area contributed by atoms with Crippen molar-refractivity contribution in [1.82, 2.24) is 0 Å². The molecule has 0 saturated heterocycles. The highest BCUT2D eigenvalue weighted by molar-refractivity contribution is 5.31. The predicted octanol–water partition coefficient (Wildman–Crippen LogP) is 3.89. The van der Waals surface area contributed by atoms with Gasteiger partial charge in [-0.15, -0.1) is 0 Å². The van der Waals surface area contributed by atoms with Crippen LogP contribution in [0.15, 0.2) is 24.3 Å². The molecular weight excluding hydrogens is 232 g/mol. The maximum atomic E-state index is 14.1. The molecule has 0 spiro atoms. The number of rotatable bonds is 5. The summed E-state index contributed by atoms with van der Waals surface area (Å²) in [6.45, 7) is 4.64. The van der Waals surface area contributed by atoms with E-state index in [0.717, 1.165) is 5.56 Å². The summed E-state index contributed by atoms with van der Waals surface area (Å²) in [5.41, 5.74) is 6.84. The molecule has 2 rings (SSSR count). The molecule has 1 aromatic rings. The van der Waals surface area contributed by atoms with E-state index in [-0.39, 0.29) is 11.5 Å². The fraction of sp³-hybridized carbons (Fsp3) is 0.600. The number of nitrogens with two attached hydrogens (primary N) is 1. The van der Waals surface area contributed by atoms with Gasteiger partial charge in [0.05, 0.1) is 0 Å². The van der Waals surface area contributed by atoms with Crippen LogP contribution in [0.3, 0.4) is 0 Å². The van der Waals surface area contributed by atoms with E-state index in [1.54, 1.807) is 12.1 Å². The largest absolute Gasteiger partial charge is 0.330 e. The minimum Gasteiger partial charge on any atom is -0.330 e. The van der Waals surface area contributed by atoms with Crippen molar-refractivity contribution in [1.29, 1.82) is 0 Å².